The number of nitrogens with zero attached hydrogens (tertiary/aromatic N) is 4. The van der Waals surface area contributed by atoms with Crippen molar-refractivity contribution in [3.05, 3.63) is 18.0 Å². The van der Waals surface area contributed by atoms with Gasteiger partial charge in [-0.3, -0.25) is 9.67 Å². The number of likely N-dealkylation sites (tertiary alicyclic amines) is 1. The molecule has 0 atom stereocenters. The summed E-state index contributed by atoms with van der Waals surface area (Å²) in [5.74, 6) is 0.948. The topological polar surface area (TPSA) is 63.9 Å². The van der Waals surface area contributed by atoms with E-state index in [9.17, 15) is 0 Å². The average molecular weight is 323 g/mol. The summed E-state index contributed by atoms with van der Waals surface area (Å²) in [7, 11) is 5.51. The van der Waals surface area contributed by atoms with Crippen molar-refractivity contribution in [2.75, 3.05) is 40.5 Å². The van der Waals surface area contributed by atoms with Crippen LogP contribution < -0.4 is 5.32 Å². The van der Waals surface area contributed by atoms with Crippen LogP contribution in [0.3, 0.4) is 0 Å². The molecule has 7 nitrogen and oxygen atoms in total. The highest BCUT2D eigenvalue weighted by Gasteiger charge is 2.21. The average Bonchev–Trinajstić information content (AvgIpc) is 2.98. The minimum atomic E-state index is 0.360. The number of hydrogen-bond donors (Lipinski definition) is 1. The van der Waals surface area contributed by atoms with E-state index in [4.69, 9.17) is 9.47 Å². The number of hydrogen-bond acceptors (Lipinski definition) is 4. The molecular formula is C16H29N5O2. The molecule has 0 bridgehead atoms. The summed E-state index contributed by atoms with van der Waals surface area (Å²) in [5.41, 5.74) is 1.14. The maximum Gasteiger partial charge on any atom is 0.193 e. The smallest absolute Gasteiger partial charge is 0.193 e. The van der Waals surface area contributed by atoms with Crippen LogP contribution in [0.2, 0.25) is 0 Å². The Morgan fingerprint density at radius 3 is 2.78 bits per heavy atom. The van der Waals surface area contributed by atoms with Crippen LogP contribution in [0.5, 0.6) is 0 Å². The zero-order valence-electron chi connectivity index (χ0n) is 14.5. The molecule has 0 aliphatic carbocycles. The summed E-state index contributed by atoms with van der Waals surface area (Å²) in [6.45, 7) is 4.23. The van der Waals surface area contributed by atoms with E-state index in [-0.39, 0.29) is 0 Å². The maximum absolute atomic E-state index is 5.90. The van der Waals surface area contributed by atoms with Crippen molar-refractivity contribution in [2.24, 2.45) is 12.0 Å². The fraction of sp³-hybridized carbons (Fsp3) is 0.750. The van der Waals surface area contributed by atoms with Crippen molar-refractivity contribution in [3.63, 3.8) is 0 Å². The molecule has 1 aromatic heterocycles. The van der Waals surface area contributed by atoms with Crippen LogP contribution in [0, 0.1) is 0 Å². The summed E-state index contributed by atoms with van der Waals surface area (Å²) in [6.07, 6.45) is 5.22. The van der Waals surface area contributed by atoms with E-state index in [1.807, 2.05) is 31.0 Å². The van der Waals surface area contributed by atoms with Crippen LogP contribution in [0.1, 0.15) is 25.0 Å². The third kappa shape index (κ3) is 5.51. The standard InChI is InChI=1S/C16H29N5O2/c1-17-16(18-13-14-5-8-19-20(14)2)21-9-6-15(7-10-21)23-12-4-11-22-3/h5,8,15H,4,6-7,9-13H2,1-3H3,(H,17,18). The second-order valence-electron chi connectivity index (χ2n) is 5.75. The Morgan fingerprint density at radius 1 is 1.39 bits per heavy atom. The number of aryl methyl sites for hydroxylation is 1. The zero-order valence-corrected chi connectivity index (χ0v) is 14.5. The van der Waals surface area contributed by atoms with E-state index < -0.39 is 0 Å². The van der Waals surface area contributed by atoms with Crippen LogP contribution in [0.25, 0.3) is 0 Å². The second-order valence-corrected chi connectivity index (χ2v) is 5.75. The Balaban J connectivity index is 1.71. The summed E-state index contributed by atoms with van der Waals surface area (Å²) in [5, 5.41) is 7.60. The molecule has 7 heteroatoms. The first-order valence-corrected chi connectivity index (χ1v) is 8.27. The molecule has 0 aromatic carbocycles. The lowest BCUT2D eigenvalue weighted by Gasteiger charge is -2.34. The monoisotopic (exact) mass is 323 g/mol. The molecular weight excluding hydrogens is 294 g/mol. The fourth-order valence-electron chi connectivity index (χ4n) is 2.76. The molecule has 1 aliphatic heterocycles. The molecule has 23 heavy (non-hydrogen) atoms. The number of nitrogens with one attached hydrogen (secondary N) is 1. The third-order valence-corrected chi connectivity index (χ3v) is 4.15. The molecule has 1 fully saturated rings. The molecule has 0 unspecified atom stereocenters. The lowest BCUT2D eigenvalue weighted by atomic mass is 10.1. The number of piperidine rings is 1. The van der Waals surface area contributed by atoms with Crippen molar-refractivity contribution >= 4 is 5.96 Å². The molecule has 1 aromatic rings. The highest BCUT2D eigenvalue weighted by atomic mass is 16.5. The van der Waals surface area contributed by atoms with Crippen LogP contribution in [0.4, 0.5) is 0 Å². The van der Waals surface area contributed by atoms with Gasteiger partial charge in [0.1, 0.15) is 0 Å². The van der Waals surface area contributed by atoms with Gasteiger partial charge in [-0.1, -0.05) is 0 Å². The molecule has 1 aliphatic rings. The number of aliphatic imine (C=N–C) groups is 1. The molecule has 0 amide bonds. The van der Waals surface area contributed by atoms with Gasteiger partial charge in [0.05, 0.1) is 18.3 Å². The van der Waals surface area contributed by atoms with Crippen LogP contribution in [0.15, 0.2) is 17.3 Å². The molecule has 2 rings (SSSR count). The van der Waals surface area contributed by atoms with Gasteiger partial charge in [-0.25, -0.2) is 0 Å². The Hall–Kier alpha value is -1.60. The second kappa shape index (κ2) is 9.52. The Labute approximate surface area is 138 Å². The van der Waals surface area contributed by atoms with Gasteiger partial charge in [0.15, 0.2) is 5.96 Å². The Morgan fingerprint density at radius 2 is 2.17 bits per heavy atom. The number of aromatic nitrogens is 2. The highest BCUT2D eigenvalue weighted by molar-refractivity contribution is 5.79. The van der Waals surface area contributed by atoms with E-state index in [1.54, 1.807) is 7.11 Å². The summed E-state index contributed by atoms with van der Waals surface area (Å²) < 4.78 is 12.8. The lowest BCUT2D eigenvalue weighted by Crippen LogP contribution is -2.46. The Bertz CT molecular complexity index is 481. The molecule has 0 radical (unpaired) electrons. The van der Waals surface area contributed by atoms with Crippen molar-refractivity contribution in [2.45, 2.75) is 31.9 Å². The normalized spacial score (nSPS) is 16.8. The summed E-state index contributed by atoms with van der Waals surface area (Å²) >= 11 is 0. The first kappa shape index (κ1) is 17.7. The van der Waals surface area contributed by atoms with E-state index in [0.717, 1.165) is 63.8 Å². The van der Waals surface area contributed by atoms with Crippen LogP contribution in [-0.2, 0) is 23.1 Å². The quantitative estimate of drug-likeness (QED) is 0.461. The minimum Gasteiger partial charge on any atom is -0.385 e. The lowest BCUT2D eigenvalue weighted by molar-refractivity contribution is 0.00989. The number of rotatable bonds is 7. The van der Waals surface area contributed by atoms with Gasteiger partial charge in [0.25, 0.3) is 0 Å². The molecule has 2 heterocycles. The molecule has 130 valence electrons. The number of ether oxygens (including phenoxy) is 2. The van der Waals surface area contributed by atoms with Gasteiger partial charge >= 0.3 is 0 Å². The molecule has 1 N–H and O–H groups in total. The van der Waals surface area contributed by atoms with E-state index in [1.165, 1.54) is 0 Å². The summed E-state index contributed by atoms with van der Waals surface area (Å²) in [6, 6.07) is 2.01. The SMILES string of the molecule is CN=C(NCc1ccnn1C)N1CCC(OCCCOC)CC1. The highest BCUT2D eigenvalue weighted by Crippen LogP contribution is 2.14. The predicted molar refractivity (Wildman–Crippen MR) is 90.4 cm³/mol. The van der Waals surface area contributed by atoms with E-state index >= 15 is 0 Å². The first-order valence-electron chi connectivity index (χ1n) is 8.27. The molecule has 0 spiro atoms. The maximum atomic E-state index is 5.90. The van der Waals surface area contributed by atoms with Crippen LogP contribution >= 0.6 is 0 Å². The predicted octanol–water partition coefficient (Wildman–Crippen LogP) is 1.01. The Kier molecular flexibility index (Phi) is 7.35. The van der Waals surface area contributed by atoms with Gasteiger partial charge in [-0.05, 0) is 25.3 Å². The number of methoxy groups -OCH3 is 1. The third-order valence-electron chi connectivity index (χ3n) is 4.15. The molecule has 0 saturated carbocycles. The first-order chi connectivity index (χ1) is 11.2. The van der Waals surface area contributed by atoms with Crippen molar-refractivity contribution < 1.29 is 9.47 Å². The van der Waals surface area contributed by atoms with E-state index in [0.29, 0.717) is 6.10 Å². The fourth-order valence-corrected chi connectivity index (χ4v) is 2.76. The van der Waals surface area contributed by atoms with Gasteiger partial charge in [0.2, 0.25) is 0 Å². The number of guanidine groups is 1. The largest absolute Gasteiger partial charge is 0.385 e. The minimum absolute atomic E-state index is 0.360. The van der Waals surface area contributed by atoms with Crippen LogP contribution in [-0.4, -0.2) is 67.2 Å². The van der Waals surface area contributed by atoms with Gasteiger partial charge in [-0.15, -0.1) is 0 Å². The van der Waals surface area contributed by atoms with Gasteiger partial charge < -0.3 is 19.7 Å². The van der Waals surface area contributed by atoms with Gasteiger partial charge in [-0.2, -0.15) is 5.10 Å². The zero-order chi connectivity index (χ0) is 16.5. The van der Waals surface area contributed by atoms with E-state index in [2.05, 4.69) is 20.3 Å². The summed E-state index contributed by atoms with van der Waals surface area (Å²) in [4.78, 5) is 6.69. The molecule has 1 saturated heterocycles. The van der Waals surface area contributed by atoms with Crippen molar-refractivity contribution in [1.82, 2.24) is 20.0 Å². The van der Waals surface area contributed by atoms with Crippen molar-refractivity contribution in [3.8, 4) is 0 Å². The van der Waals surface area contributed by atoms with Gasteiger partial charge in [0, 0.05) is 53.7 Å². The van der Waals surface area contributed by atoms with Crippen molar-refractivity contribution in [1.29, 1.82) is 0 Å².